The second kappa shape index (κ2) is 2.84. The molecule has 0 unspecified atom stereocenters. The van der Waals surface area contributed by atoms with Gasteiger partial charge >= 0.3 is 0 Å². The maximum absolute atomic E-state index is 13.7. The second-order valence-corrected chi connectivity index (χ2v) is 4.61. The molecule has 0 amide bonds. The molecule has 0 radical (unpaired) electrons. The third kappa shape index (κ3) is 1.31. The van der Waals surface area contributed by atoms with Gasteiger partial charge in [0.1, 0.15) is 5.82 Å². The molecule has 0 spiro atoms. The summed E-state index contributed by atoms with van der Waals surface area (Å²) in [6.45, 7) is 6.08. The zero-order chi connectivity index (χ0) is 10.3. The van der Waals surface area contributed by atoms with E-state index in [1.165, 1.54) is 6.07 Å². The first kappa shape index (κ1) is 9.25. The molecular formula is C12H14FN. The number of benzene rings is 1. The second-order valence-electron chi connectivity index (χ2n) is 4.61. The monoisotopic (exact) mass is 191 g/mol. The number of aromatic nitrogens is 1. The molecule has 0 aliphatic carbocycles. The van der Waals surface area contributed by atoms with E-state index >= 15 is 0 Å². The first-order valence-electron chi connectivity index (χ1n) is 4.76. The van der Waals surface area contributed by atoms with Crippen molar-refractivity contribution < 1.29 is 4.39 Å². The molecule has 1 aromatic heterocycles. The zero-order valence-corrected chi connectivity index (χ0v) is 8.69. The fourth-order valence-electron chi connectivity index (χ4n) is 1.87. The van der Waals surface area contributed by atoms with Gasteiger partial charge < -0.3 is 4.98 Å². The van der Waals surface area contributed by atoms with E-state index in [0.717, 1.165) is 16.5 Å². The standard InChI is InChI=1S/C12H14FN/c1-12(2,3)11-8-6-7-14-10(8)5-4-9(11)13/h4-7,14H,1-3H3. The molecule has 0 fully saturated rings. The minimum absolute atomic E-state index is 0.121. The Morgan fingerprint density at radius 2 is 1.86 bits per heavy atom. The van der Waals surface area contributed by atoms with Crippen LogP contribution in [0, 0.1) is 5.82 Å². The van der Waals surface area contributed by atoms with Crippen LogP contribution in [0.2, 0.25) is 0 Å². The predicted molar refractivity (Wildman–Crippen MR) is 57.0 cm³/mol. The molecule has 14 heavy (non-hydrogen) atoms. The lowest BCUT2D eigenvalue weighted by molar-refractivity contribution is 0.528. The largest absolute Gasteiger partial charge is 0.361 e. The number of aromatic amines is 1. The fourth-order valence-corrected chi connectivity index (χ4v) is 1.87. The van der Waals surface area contributed by atoms with Gasteiger partial charge in [-0.3, -0.25) is 0 Å². The third-order valence-corrected chi connectivity index (χ3v) is 2.43. The van der Waals surface area contributed by atoms with Gasteiger partial charge in [0.25, 0.3) is 0 Å². The summed E-state index contributed by atoms with van der Waals surface area (Å²) in [4.78, 5) is 3.09. The number of hydrogen-bond donors (Lipinski definition) is 1. The van der Waals surface area contributed by atoms with Gasteiger partial charge in [-0.15, -0.1) is 0 Å². The number of fused-ring (bicyclic) bond motifs is 1. The number of hydrogen-bond acceptors (Lipinski definition) is 0. The Morgan fingerprint density at radius 1 is 1.14 bits per heavy atom. The van der Waals surface area contributed by atoms with E-state index in [4.69, 9.17) is 0 Å². The SMILES string of the molecule is CC(C)(C)c1c(F)ccc2[nH]ccc12. The van der Waals surface area contributed by atoms with Gasteiger partial charge in [0.15, 0.2) is 0 Å². The average Bonchev–Trinajstić information content (AvgIpc) is 2.48. The van der Waals surface area contributed by atoms with Crippen LogP contribution < -0.4 is 0 Å². The maximum atomic E-state index is 13.7. The minimum atomic E-state index is -0.161. The first-order chi connectivity index (χ1) is 6.50. The molecular weight excluding hydrogens is 177 g/mol. The molecule has 1 nitrogen and oxygen atoms in total. The van der Waals surface area contributed by atoms with Crippen molar-refractivity contribution in [3.05, 3.63) is 35.8 Å². The van der Waals surface area contributed by atoms with Crippen LogP contribution in [-0.4, -0.2) is 4.98 Å². The maximum Gasteiger partial charge on any atom is 0.127 e. The Balaban J connectivity index is 2.83. The summed E-state index contributed by atoms with van der Waals surface area (Å²) in [5.74, 6) is -0.121. The highest BCUT2D eigenvalue weighted by molar-refractivity contribution is 5.84. The lowest BCUT2D eigenvalue weighted by Gasteiger charge is -2.20. The van der Waals surface area contributed by atoms with Gasteiger partial charge in [-0.2, -0.15) is 0 Å². The summed E-state index contributed by atoms with van der Waals surface area (Å²) in [6, 6.07) is 5.23. The molecule has 0 saturated heterocycles. The van der Waals surface area contributed by atoms with E-state index in [9.17, 15) is 4.39 Å². The summed E-state index contributed by atoms with van der Waals surface area (Å²) in [6.07, 6.45) is 1.85. The van der Waals surface area contributed by atoms with E-state index in [2.05, 4.69) is 4.98 Å². The molecule has 1 heterocycles. The van der Waals surface area contributed by atoms with Gasteiger partial charge in [-0.05, 0) is 23.6 Å². The molecule has 2 aromatic rings. The molecule has 2 heteroatoms. The molecule has 0 aliphatic rings. The highest BCUT2D eigenvalue weighted by atomic mass is 19.1. The Labute approximate surface area is 82.9 Å². The van der Waals surface area contributed by atoms with Crippen molar-refractivity contribution in [2.75, 3.05) is 0 Å². The van der Waals surface area contributed by atoms with Gasteiger partial charge in [0.05, 0.1) is 0 Å². The van der Waals surface area contributed by atoms with Crippen LogP contribution in [0.25, 0.3) is 10.9 Å². The van der Waals surface area contributed by atoms with Gasteiger partial charge in [-0.25, -0.2) is 4.39 Å². The molecule has 0 atom stereocenters. The van der Waals surface area contributed by atoms with Crippen molar-refractivity contribution in [2.24, 2.45) is 0 Å². The smallest absolute Gasteiger partial charge is 0.127 e. The number of nitrogens with one attached hydrogen (secondary N) is 1. The van der Waals surface area contributed by atoms with Gasteiger partial charge in [0.2, 0.25) is 0 Å². The molecule has 0 saturated carbocycles. The van der Waals surface area contributed by atoms with Crippen LogP contribution in [0.5, 0.6) is 0 Å². The molecule has 0 aliphatic heterocycles. The lowest BCUT2D eigenvalue weighted by atomic mass is 9.84. The molecule has 1 aromatic carbocycles. The predicted octanol–water partition coefficient (Wildman–Crippen LogP) is 3.60. The van der Waals surface area contributed by atoms with E-state index < -0.39 is 0 Å². The Bertz CT molecular complexity index is 463. The lowest BCUT2D eigenvalue weighted by Crippen LogP contribution is -2.13. The number of rotatable bonds is 0. The molecule has 0 bridgehead atoms. The minimum Gasteiger partial charge on any atom is -0.361 e. The van der Waals surface area contributed by atoms with Crippen LogP contribution in [0.15, 0.2) is 24.4 Å². The summed E-state index contributed by atoms with van der Waals surface area (Å²) >= 11 is 0. The van der Waals surface area contributed by atoms with Crippen LogP contribution in [-0.2, 0) is 5.41 Å². The topological polar surface area (TPSA) is 15.8 Å². The quantitative estimate of drug-likeness (QED) is 0.654. The number of halogens is 1. The first-order valence-corrected chi connectivity index (χ1v) is 4.76. The zero-order valence-electron chi connectivity index (χ0n) is 8.69. The van der Waals surface area contributed by atoms with Crippen LogP contribution in [0.4, 0.5) is 4.39 Å². The van der Waals surface area contributed by atoms with Crippen LogP contribution >= 0.6 is 0 Å². The summed E-state index contributed by atoms with van der Waals surface area (Å²) < 4.78 is 13.7. The Hall–Kier alpha value is -1.31. The third-order valence-electron chi connectivity index (χ3n) is 2.43. The molecule has 1 N–H and O–H groups in total. The van der Waals surface area contributed by atoms with Crippen molar-refractivity contribution in [1.82, 2.24) is 4.98 Å². The Kier molecular flexibility index (Phi) is 1.88. The number of H-pyrrole nitrogens is 1. The average molecular weight is 191 g/mol. The summed E-state index contributed by atoms with van der Waals surface area (Å²) in [5, 5.41) is 0.984. The van der Waals surface area contributed by atoms with Gasteiger partial charge in [-0.1, -0.05) is 20.8 Å². The summed E-state index contributed by atoms with van der Waals surface area (Å²) in [7, 11) is 0. The van der Waals surface area contributed by atoms with Crippen molar-refractivity contribution in [3.8, 4) is 0 Å². The van der Waals surface area contributed by atoms with E-state index in [1.807, 2.05) is 33.0 Å². The Morgan fingerprint density at radius 3 is 2.50 bits per heavy atom. The van der Waals surface area contributed by atoms with E-state index in [0.29, 0.717) is 0 Å². The summed E-state index contributed by atoms with van der Waals surface area (Å²) in [5.41, 5.74) is 1.62. The van der Waals surface area contributed by atoms with Crippen molar-refractivity contribution >= 4 is 10.9 Å². The highest BCUT2D eigenvalue weighted by Crippen LogP contribution is 2.31. The van der Waals surface area contributed by atoms with E-state index in [1.54, 1.807) is 6.07 Å². The molecule has 74 valence electrons. The molecule has 2 rings (SSSR count). The van der Waals surface area contributed by atoms with Crippen LogP contribution in [0.1, 0.15) is 26.3 Å². The van der Waals surface area contributed by atoms with Gasteiger partial charge in [0, 0.05) is 22.7 Å². The fraction of sp³-hybridized carbons (Fsp3) is 0.333. The van der Waals surface area contributed by atoms with Crippen molar-refractivity contribution in [2.45, 2.75) is 26.2 Å². The normalized spacial score (nSPS) is 12.3. The van der Waals surface area contributed by atoms with Crippen molar-refractivity contribution in [1.29, 1.82) is 0 Å². The van der Waals surface area contributed by atoms with E-state index in [-0.39, 0.29) is 11.2 Å². The van der Waals surface area contributed by atoms with Crippen LogP contribution in [0.3, 0.4) is 0 Å². The van der Waals surface area contributed by atoms with Crippen molar-refractivity contribution in [3.63, 3.8) is 0 Å². The highest BCUT2D eigenvalue weighted by Gasteiger charge is 2.21.